The van der Waals surface area contributed by atoms with Crippen LogP contribution in [0.1, 0.15) is 50.7 Å². The van der Waals surface area contributed by atoms with E-state index in [1.54, 1.807) is 11.3 Å². The van der Waals surface area contributed by atoms with Crippen LogP contribution in [-0.4, -0.2) is 11.0 Å². The number of thiazole rings is 1. The Balaban J connectivity index is 2.06. The van der Waals surface area contributed by atoms with Crippen molar-refractivity contribution >= 4 is 11.3 Å². The lowest BCUT2D eigenvalue weighted by Gasteiger charge is -2.30. The van der Waals surface area contributed by atoms with Crippen LogP contribution in [0, 0.1) is 12.8 Å². The summed E-state index contributed by atoms with van der Waals surface area (Å²) in [6.45, 7) is 8.83. The molecule has 16 heavy (non-hydrogen) atoms. The first-order valence-electron chi connectivity index (χ1n) is 6.23. The Morgan fingerprint density at radius 2 is 2.25 bits per heavy atom. The van der Waals surface area contributed by atoms with Crippen LogP contribution < -0.4 is 5.32 Å². The van der Waals surface area contributed by atoms with Crippen molar-refractivity contribution in [3.05, 3.63) is 16.1 Å². The standard InChI is InChI=1S/C13H22N2S/c1-5-11(10-6-7-10)15-13(3,4)12-14-9(2)8-16-12/h8,10-11,15H,5-7H2,1-4H3. The topological polar surface area (TPSA) is 24.9 Å². The van der Waals surface area contributed by atoms with Crippen LogP contribution in [0.4, 0.5) is 0 Å². The number of rotatable bonds is 5. The van der Waals surface area contributed by atoms with E-state index < -0.39 is 0 Å². The summed E-state index contributed by atoms with van der Waals surface area (Å²) in [7, 11) is 0. The minimum absolute atomic E-state index is 0.0161. The maximum Gasteiger partial charge on any atom is 0.112 e. The van der Waals surface area contributed by atoms with Gasteiger partial charge >= 0.3 is 0 Å². The van der Waals surface area contributed by atoms with Gasteiger partial charge in [0.1, 0.15) is 5.01 Å². The highest BCUT2D eigenvalue weighted by Gasteiger charge is 2.35. The molecule has 1 fully saturated rings. The van der Waals surface area contributed by atoms with Gasteiger partial charge in [-0.3, -0.25) is 0 Å². The molecule has 1 aliphatic carbocycles. The monoisotopic (exact) mass is 238 g/mol. The highest BCUT2D eigenvalue weighted by Crippen LogP contribution is 2.36. The largest absolute Gasteiger partial charge is 0.303 e. The summed E-state index contributed by atoms with van der Waals surface area (Å²) < 4.78 is 0. The van der Waals surface area contributed by atoms with Crippen LogP contribution >= 0.6 is 11.3 Å². The van der Waals surface area contributed by atoms with E-state index in [-0.39, 0.29) is 5.54 Å². The van der Waals surface area contributed by atoms with Crippen molar-refractivity contribution in [3.8, 4) is 0 Å². The molecule has 0 saturated heterocycles. The average molecular weight is 238 g/mol. The molecule has 0 amide bonds. The van der Waals surface area contributed by atoms with Crippen molar-refractivity contribution in [1.29, 1.82) is 0 Å². The van der Waals surface area contributed by atoms with E-state index in [9.17, 15) is 0 Å². The van der Waals surface area contributed by atoms with Crippen LogP contribution in [0.3, 0.4) is 0 Å². The summed E-state index contributed by atoms with van der Waals surface area (Å²) in [5.41, 5.74) is 1.15. The summed E-state index contributed by atoms with van der Waals surface area (Å²) in [4.78, 5) is 4.61. The van der Waals surface area contributed by atoms with E-state index in [0.717, 1.165) is 11.6 Å². The minimum atomic E-state index is 0.0161. The number of aromatic nitrogens is 1. The Hall–Kier alpha value is -0.410. The van der Waals surface area contributed by atoms with E-state index >= 15 is 0 Å². The lowest BCUT2D eigenvalue weighted by molar-refractivity contribution is 0.310. The van der Waals surface area contributed by atoms with Gasteiger partial charge in [0.2, 0.25) is 0 Å². The molecule has 1 heterocycles. The van der Waals surface area contributed by atoms with Gasteiger partial charge in [-0.25, -0.2) is 4.98 Å². The summed E-state index contributed by atoms with van der Waals surface area (Å²) >= 11 is 1.77. The lowest BCUT2D eigenvalue weighted by Crippen LogP contribution is -2.44. The van der Waals surface area contributed by atoms with E-state index in [0.29, 0.717) is 6.04 Å². The van der Waals surface area contributed by atoms with Crippen LogP contribution in [0.5, 0.6) is 0 Å². The molecule has 1 aromatic rings. The number of nitrogens with zero attached hydrogens (tertiary/aromatic N) is 1. The Bertz CT molecular complexity index is 353. The van der Waals surface area contributed by atoms with Gasteiger partial charge in [0.05, 0.1) is 5.54 Å². The fourth-order valence-electron chi connectivity index (χ4n) is 2.22. The molecule has 0 radical (unpaired) electrons. The van der Waals surface area contributed by atoms with E-state index in [1.807, 2.05) is 0 Å². The molecule has 0 bridgehead atoms. The first kappa shape index (κ1) is 12.1. The second kappa shape index (κ2) is 4.46. The third kappa shape index (κ3) is 2.64. The first-order chi connectivity index (χ1) is 7.53. The van der Waals surface area contributed by atoms with Crippen molar-refractivity contribution in [3.63, 3.8) is 0 Å². The molecule has 90 valence electrons. The van der Waals surface area contributed by atoms with Crippen LogP contribution in [-0.2, 0) is 5.54 Å². The predicted octanol–water partition coefficient (Wildman–Crippen LogP) is 3.46. The number of aryl methyl sites for hydroxylation is 1. The van der Waals surface area contributed by atoms with Gasteiger partial charge in [-0.2, -0.15) is 0 Å². The van der Waals surface area contributed by atoms with Gasteiger partial charge in [-0.1, -0.05) is 6.92 Å². The maximum absolute atomic E-state index is 4.61. The van der Waals surface area contributed by atoms with Crippen molar-refractivity contribution in [2.24, 2.45) is 5.92 Å². The van der Waals surface area contributed by atoms with Crippen LogP contribution in [0.25, 0.3) is 0 Å². The van der Waals surface area contributed by atoms with Crippen molar-refractivity contribution in [1.82, 2.24) is 10.3 Å². The Morgan fingerprint density at radius 3 is 2.69 bits per heavy atom. The average Bonchev–Trinajstić information content (AvgIpc) is 2.97. The molecule has 3 heteroatoms. The molecule has 1 aliphatic rings. The molecular weight excluding hydrogens is 216 g/mol. The smallest absolute Gasteiger partial charge is 0.112 e. The van der Waals surface area contributed by atoms with Gasteiger partial charge in [0.15, 0.2) is 0 Å². The quantitative estimate of drug-likeness (QED) is 0.849. The molecular formula is C13H22N2S. The molecule has 0 aromatic carbocycles. The van der Waals surface area contributed by atoms with Crippen molar-refractivity contribution in [2.75, 3.05) is 0 Å². The molecule has 1 saturated carbocycles. The van der Waals surface area contributed by atoms with Gasteiger partial charge in [0.25, 0.3) is 0 Å². The van der Waals surface area contributed by atoms with Crippen LogP contribution in [0.15, 0.2) is 5.38 Å². The van der Waals surface area contributed by atoms with E-state index in [1.165, 1.54) is 24.3 Å². The molecule has 2 rings (SSSR count). The Kier molecular flexibility index (Phi) is 3.36. The van der Waals surface area contributed by atoms with Gasteiger partial charge in [0, 0.05) is 17.1 Å². The summed E-state index contributed by atoms with van der Waals surface area (Å²) in [6, 6.07) is 0.666. The van der Waals surface area contributed by atoms with Gasteiger partial charge in [-0.05, 0) is 46.0 Å². The summed E-state index contributed by atoms with van der Waals surface area (Å²) in [5, 5.41) is 7.13. The highest BCUT2D eigenvalue weighted by molar-refractivity contribution is 7.09. The second-order valence-corrected chi connectivity index (χ2v) is 6.27. The third-order valence-electron chi connectivity index (χ3n) is 3.33. The lowest BCUT2D eigenvalue weighted by atomic mass is 10.0. The molecule has 2 nitrogen and oxygen atoms in total. The zero-order valence-electron chi connectivity index (χ0n) is 10.7. The molecule has 1 unspecified atom stereocenters. The SMILES string of the molecule is CCC(NC(C)(C)c1nc(C)cs1)C1CC1. The highest BCUT2D eigenvalue weighted by atomic mass is 32.1. The number of hydrogen-bond acceptors (Lipinski definition) is 3. The zero-order chi connectivity index (χ0) is 11.8. The van der Waals surface area contributed by atoms with E-state index in [2.05, 4.69) is 43.4 Å². The third-order valence-corrected chi connectivity index (χ3v) is 4.61. The first-order valence-corrected chi connectivity index (χ1v) is 7.11. The van der Waals surface area contributed by atoms with E-state index in [4.69, 9.17) is 0 Å². The van der Waals surface area contributed by atoms with Crippen molar-refractivity contribution in [2.45, 2.75) is 58.5 Å². The predicted molar refractivity (Wildman–Crippen MR) is 69.8 cm³/mol. The number of nitrogens with one attached hydrogen (secondary N) is 1. The minimum Gasteiger partial charge on any atom is -0.303 e. The van der Waals surface area contributed by atoms with Gasteiger partial charge in [-0.15, -0.1) is 11.3 Å². The van der Waals surface area contributed by atoms with Gasteiger partial charge < -0.3 is 5.32 Å². The maximum atomic E-state index is 4.61. The zero-order valence-corrected chi connectivity index (χ0v) is 11.5. The Morgan fingerprint density at radius 1 is 1.56 bits per heavy atom. The molecule has 0 spiro atoms. The molecule has 1 N–H and O–H groups in total. The van der Waals surface area contributed by atoms with Crippen molar-refractivity contribution < 1.29 is 0 Å². The second-order valence-electron chi connectivity index (χ2n) is 5.42. The summed E-state index contributed by atoms with van der Waals surface area (Å²) in [6.07, 6.45) is 4.02. The Labute approximate surface area is 102 Å². The number of hydrogen-bond donors (Lipinski definition) is 1. The summed E-state index contributed by atoms with van der Waals surface area (Å²) in [5.74, 6) is 0.908. The van der Waals surface area contributed by atoms with Crippen LogP contribution in [0.2, 0.25) is 0 Å². The fraction of sp³-hybridized carbons (Fsp3) is 0.769. The normalized spacial score (nSPS) is 18.8. The molecule has 0 aliphatic heterocycles. The molecule has 1 aromatic heterocycles. The fourth-order valence-corrected chi connectivity index (χ4v) is 3.10. The molecule has 1 atom stereocenters.